The molecule has 0 radical (unpaired) electrons. The molecule has 1 heterocycles. The lowest BCUT2D eigenvalue weighted by atomic mass is 9.67. The third kappa shape index (κ3) is 2.35. The fourth-order valence-corrected chi connectivity index (χ4v) is 3.01. The van der Waals surface area contributed by atoms with E-state index < -0.39 is 0 Å². The molecule has 0 amide bonds. The molecular formula is C13H22O2. The Hall–Kier alpha value is -0.530. The van der Waals surface area contributed by atoms with Crippen LogP contribution in [0.1, 0.15) is 52.9 Å². The van der Waals surface area contributed by atoms with Crippen molar-refractivity contribution in [1.82, 2.24) is 0 Å². The molecule has 0 aromatic carbocycles. The highest BCUT2D eigenvalue weighted by Crippen LogP contribution is 2.44. The Balaban J connectivity index is 1.98. The van der Waals surface area contributed by atoms with Crippen LogP contribution in [0.2, 0.25) is 0 Å². The largest absolute Gasteiger partial charge is 0.462 e. The van der Waals surface area contributed by atoms with E-state index >= 15 is 0 Å². The van der Waals surface area contributed by atoms with Gasteiger partial charge in [-0.2, -0.15) is 0 Å². The summed E-state index contributed by atoms with van der Waals surface area (Å²) in [5.41, 5.74) is 0.409. The molecule has 2 heteroatoms. The second-order valence-electron chi connectivity index (χ2n) is 6.20. The molecule has 2 fully saturated rings. The third-order valence-electron chi connectivity index (χ3n) is 4.14. The van der Waals surface area contributed by atoms with E-state index in [1.54, 1.807) is 0 Å². The van der Waals surface area contributed by atoms with Gasteiger partial charge >= 0.3 is 5.97 Å². The average molecular weight is 210 g/mol. The van der Waals surface area contributed by atoms with Crippen molar-refractivity contribution < 1.29 is 9.53 Å². The topological polar surface area (TPSA) is 26.3 Å². The molecule has 2 aliphatic rings. The summed E-state index contributed by atoms with van der Waals surface area (Å²) in [5, 5.41) is 0. The number of carbonyl (C=O) groups is 1. The Morgan fingerprint density at radius 1 is 1.20 bits per heavy atom. The van der Waals surface area contributed by atoms with Crippen LogP contribution in [-0.2, 0) is 9.53 Å². The van der Waals surface area contributed by atoms with Crippen molar-refractivity contribution in [2.75, 3.05) is 0 Å². The summed E-state index contributed by atoms with van der Waals surface area (Å²) in [6.07, 6.45) is 5.48. The number of carbonyl (C=O) groups excluding carboxylic acids is 1. The molecule has 0 aromatic heterocycles. The molecule has 15 heavy (non-hydrogen) atoms. The lowest BCUT2D eigenvalue weighted by Gasteiger charge is -2.43. The van der Waals surface area contributed by atoms with Crippen LogP contribution in [0, 0.1) is 17.3 Å². The molecule has 0 bridgehead atoms. The predicted molar refractivity (Wildman–Crippen MR) is 59.4 cm³/mol. The first-order valence-electron chi connectivity index (χ1n) is 6.16. The van der Waals surface area contributed by atoms with Crippen molar-refractivity contribution >= 4 is 5.97 Å². The van der Waals surface area contributed by atoms with Crippen molar-refractivity contribution in [2.24, 2.45) is 17.3 Å². The van der Waals surface area contributed by atoms with Crippen molar-refractivity contribution in [3.8, 4) is 0 Å². The minimum atomic E-state index is 0.0189. The summed E-state index contributed by atoms with van der Waals surface area (Å²) in [4.78, 5) is 11.2. The van der Waals surface area contributed by atoms with E-state index in [9.17, 15) is 4.79 Å². The maximum atomic E-state index is 11.2. The van der Waals surface area contributed by atoms with Gasteiger partial charge in [-0.05, 0) is 42.9 Å². The number of ether oxygens (including phenoxy) is 1. The van der Waals surface area contributed by atoms with Gasteiger partial charge in [-0.25, -0.2) is 0 Å². The van der Waals surface area contributed by atoms with Crippen LogP contribution < -0.4 is 0 Å². The van der Waals surface area contributed by atoms with Gasteiger partial charge in [0.05, 0.1) is 0 Å². The molecular weight excluding hydrogens is 188 g/mol. The first kappa shape index (κ1) is 11.0. The van der Waals surface area contributed by atoms with Crippen LogP contribution >= 0.6 is 0 Å². The van der Waals surface area contributed by atoms with Gasteiger partial charge in [-0.15, -0.1) is 0 Å². The maximum Gasteiger partial charge on any atom is 0.306 e. The van der Waals surface area contributed by atoms with Crippen molar-refractivity contribution in [3.05, 3.63) is 0 Å². The molecule has 0 aromatic rings. The van der Waals surface area contributed by atoms with Gasteiger partial charge in [0.15, 0.2) is 0 Å². The van der Waals surface area contributed by atoms with Crippen LogP contribution in [0.3, 0.4) is 0 Å². The van der Waals surface area contributed by atoms with E-state index in [4.69, 9.17) is 4.74 Å². The van der Waals surface area contributed by atoms with E-state index in [-0.39, 0.29) is 12.1 Å². The van der Waals surface area contributed by atoms with Gasteiger partial charge in [-0.1, -0.05) is 20.8 Å². The molecule has 1 saturated carbocycles. The first-order chi connectivity index (χ1) is 6.97. The van der Waals surface area contributed by atoms with Gasteiger partial charge in [0.1, 0.15) is 6.10 Å². The van der Waals surface area contributed by atoms with Crippen molar-refractivity contribution in [1.29, 1.82) is 0 Å². The second-order valence-corrected chi connectivity index (χ2v) is 6.20. The van der Waals surface area contributed by atoms with Crippen LogP contribution in [0.5, 0.6) is 0 Å². The van der Waals surface area contributed by atoms with E-state index in [1.165, 1.54) is 12.8 Å². The molecule has 86 valence electrons. The molecule has 2 rings (SSSR count). The number of fused-ring (bicyclic) bond motifs is 1. The Kier molecular flexibility index (Phi) is 2.78. The van der Waals surface area contributed by atoms with Gasteiger partial charge in [0, 0.05) is 6.42 Å². The number of esters is 1. The fraction of sp³-hybridized carbons (Fsp3) is 0.923. The maximum absolute atomic E-state index is 11.2. The molecule has 1 saturated heterocycles. The Morgan fingerprint density at radius 2 is 1.93 bits per heavy atom. The van der Waals surface area contributed by atoms with Crippen LogP contribution in [0.15, 0.2) is 0 Å². The zero-order valence-corrected chi connectivity index (χ0v) is 10.1. The number of rotatable bonds is 0. The molecule has 2 nitrogen and oxygen atoms in total. The van der Waals surface area contributed by atoms with Crippen LogP contribution in [-0.4, -0.2) is 12.1 Å². The Morgan fingerprint density at radius 3 is 2.60 bits per heavy atom. The molecule has 0 spiro atoms. The van der Waals surface area contributed by atoms with E-state index in [2.05, 4.69) is 20.8 Å². The number of hydrogen-bond donors (Lipinski definition) is 0. The van der Waals surface area contributed by atoms with E-state index in [0.717, 1.165) is 18.8 Å². The van der Waals surface area contributed by atoms with Crippen LogP contribution in [0.25, 0.3) is 0 Å². The summed E-state index contributed by atoms with van der Waals surface area (Å²) in [7, 11) is 0. The van der Waals surface area contributed by atoms with Gasteiger partial charge in [0.2, 0.25) is 0 Å². The Bertz CT molecular complexity index is 252. The monoisotopic (exact) mass is 210 g/mol. The second kappa shape index (κ2) is 3.80. The van der Waals surface area contributed by atoms with E-state index in [1.807, 2.05) is 0 Å². The number of hydrogen-bond acceptors (Lipinski definition) is 2. The minimum absolute atomic E-state index is 0.0189. The normalized spacial score (nSPS) is 37.0. The first-order valence-corrected chi connectivity index (χ1v) is 6.16. The lowest BCUT2D eigenvalue weighted by Crippen LogP contribution is -2.40. The van der Waals surface area contributed by atoms with Crippen molar-refractivity contribution in [3.63, 3.8) is 0 Å². The lowest BCUT2D eigenvalue weighted by molar-refractivity contribution is -0.162. The zero-order chi connectivity index (χ0) is 11.1. The zero-order valence-electron chi connectivity index (χ0n) is 10.1. The molecule has 0 N–H and O–H groups in total. The highest BCUT2D eigenvalue weighted by atomic mass is 16.5. The van der Waals surface area contributed by atoms with E-state index in [0.29, 0.717) is 17.8 Å². The van der Waals surface area contributed by atoms with Gasteiger partial charge in [0.25, 0.3) is 0 Å². The highest BCUT2D eigenvalue weighted by Gasteiger charge is 2.39. The Labute approximate surface area is 92.4 Å². The molecule has 1 aliphatic heterocycles. The summed E-state index contributed by atoms with van der Waals surface area (Å²) in [5.74, 6) is 1.46. The fourth-order valence-electron chi connectivity index (χ4n) is 3.01. The minimum Gasteiger partial charge on any atom is -0.462 e. The predicted octanol–water partition coefficient (Wildman–Crippen LogP) is 3.15. The summed E-state index contributed by atoms with van der Waals surface area (Å²) in [6, 6.07) is 0. The quantitative estimate of drug-likeness (QED) is 0.574. The van der Waals surface area contributed by atoms with Crippen LogP contribution in [0.4, 0.5) is 0 Å². The summed E-state index contributed by atoms with van der Waals surface area (Å²) in [6.45, 7) is 6.98. The standard InChI is InChI=1S/C13H22O2/c1-13(2,3)10-5-6-11-9(8-10)4-7-12(14)15-11/h9-11H,4-8H2,1-3H3/t9-,10?,11-/m1/s1. The molecule has 1 aliphatic carbocycles. The molecule has 3 atom stereocenters. The average Bonchev–Trinajstić information content (AvgIpc) is 2.15. The summed E-state index contributed by atoms with van der Waals surface area (Å²) >= 11 is 0. The third-order valence-corrected chi connectivity index (χ3v) is 4.14. The summed E-state index contributed by atoms with van der Waals surface area (Å²) < 4.78 is 5.41. The van der Waals surface area contributed by atoms with Crippen molar-refractivity contribution in [2.45, 2.75) is 59.0 Å². The molecule has 1 unspecified atom stereocenters. The van der Waals surface area contributed by atoms with Gasteiger partial charge in [-0.3, -0.25) is 4.79 Å². The van der Waals surface area contributed by atoms with Gasteiger partial charge < -0.3 is 4.74 Å². The smallest absolute Gasteiger partial charge is 0.306 e. The SMILES string of the molecule is CC(C)(C)C1CC[C@H]2OC(=O)CC[C@@H]2C1. The highest BCUT2D eigenvalue weighted by molar-refractivity contribution is 5.70.